The molecule has 110 valence electrons. The number of nitrogens with one attached hydrogen (secondary N) is 1. The van der Waals surface area contributed by atoms with Crippen LogP contribution in [0.2, 0.25) is 0 Å². The van der Waals surface area contributed by atoms with Crippen molar-refractivity contribution in [2.75, 3.05) is 13.1 Å². The average Bonchev–Trinajstić information content (AvgIpc) is 2.76. The van der Waals surface area contributed by atoms with E-state index in [1.54, 1.807) is 4.90 Å². The predicted octanol–water partition coefficient (Wildman–Crippen LogP) is 1.02. The van der Waals surface area contributed by atoms with Crippen LogP contribution >= 0.6 is 0 Å². The molecule has 0 saturated heterocycles. The molecule has 1 aliphatic carbocycles. The molecule has 0 aliphatic heterocycles. The first-order chi connectivity index (χ1) is 8.79. The molecule has 0 aromatic heterocycles. The molecular weight excluding hydrogens is 242 g/mol. The van der Waals surface area contributed by atoms with Crippen molar-refractivity contribution in [2.45, 2.75) is 64.5 Å². The monoisotopic (exact) mass is 269 g/mol. The second-order valence-electron chi connectivity index (χ2n) is 6.35. The standard InChI is InChI=1S/C14H27N3O2/c1-14(2,3)16-9-8-13(19)17(10-12(15)18)11-6-4-5-7-11/h11,16H,4-10H2,1-3H3,(H2,15,18). The zero-order valence-electron chi connectivity index (χ0n) is 12.4. The Morgan fingerprint density at radius 1 is 1.26 bits per heavy atom. The van der Waals surface area contributed by atoms with Crippen molar-refractivity contribution in [1.29, 1.82) is 0 Å². The van der Waals surface area contributed by atoms with E-state index in [4.69, 9.17) is 5.73 Å². The summed E-state index contributed by atoms with van der Waals surface area (Å²) in [5.41, 5.74) is 5.25. The molecule has 0 unspecified atom stereocenters. The molecule has 3 N–H and O–H groups in total. The van der Waals surface area contributed by atoms with Gasteiger partial charge in [-0.1, -0.05) is 12.8 Å². The molecule has 0 heterocycles. The van der Waals surface area contributed by atoms with Gasteiger partial charge in [-0.25, -0.2) is 0 Å². The molecule has 0 aromatic carbocycles. The minimum Gasteiger partial charge on any atom is -0.368 e. The van der Waals surface area contributed by atoms with Gasteiger partial charge in [0.1, 0.15) is 0 Å². The highest BCUT2D eigenvalue weighted by Gasteiger charge is 2.27. The van der Waals surface area contributed by atoms with Gasteiger partial charge in [-0.3, -0.25) is 9.59 Å². The minimum absolute atomic E-state index is 0.00214. The van der Waals surface area contributed by atoms with Crippen molar-refractivity contribution in [2.24, 2.45) is 5.73 Å². The molecule has 1 aliphatic rings. The van der Waals surface area contributed by atoms with Crippen LogP contribution in [0.1, 0.15) is 52.9 Å². The van der Waals surface area contributed by atoms with Gasteiger partial charge in [0.15, 0.2) is 0 Å². The summed E-state index contributed by atoms with van der Waals surface area (Å²) in [6.45, 7) is 6.88. The van der Waals surface area contributed by atoms with Crippen LogP contribution in [-0.2, 0) is 9.59 Å². The van der Waals surface area contributed by atoms with Crippen LogP contribution in [0.5, 0.6) is 0 Å². The van der Waals surface area contributed by atoms with Crippen LogP contribution in [-0.4, -0.2) is 41.4 Å². The van der Waals surface area contributed by atoms with Crippen LogP contribution < -0.4 is 11.1 Å². The lowest BCUT2D eigenvalue weighted by Crippen LogP contribution is -2.46. The maximum atomic E-state index is 12.2. The first-order valence-electron chi connectivity index (χ1n) is 7.12. The summed E-state index contributed by atoms with van der Waals surface area (Å²) in [5, 5.41) is 3.29. The molecule has 1 fully saturated rings. The second-order valence-corrected chi connectivity index (χ2v) is 6.35. The van der Waals surface area contributed by atoms with Gasteiger partial charge in [-0.05, 0) is 33.6 Å². The number of carbonyl (C=O) groups is 2. The molecule has 2 amide bonds. The summed E-state index contributed by atoms with van der Waals surface area (Å²) in [5.74, 6) is -0.397. The number of primary amides is 1. The third-order valence-electron chi connectivity index (χ3n) is 3.41. The van der Waals surface area contributed by atoms with Crippen LogP contribution in [0.4, 0.5) is 0 Å². The van der Waals surface area contributed by atoms with Crippen LogP contribution in [0.25, 0.3) is 0 Å². The molecule has 1 saturated carbocycles. The number of hydrogen-bond acceptors (Lipinski definition) is 3. The SMILES string of the molecule is CC(C)(C)NCCC(=O)N(CC(N)=O)C1CCCC1. The molecule has 0 aromatic rings. The van der Waals surface area contributed by atoms with Gasteiger partial charge < -0.3 is 16.0 Å². The van der Waals surface area contributed by atoms with Crippen molar-refractivity contribution in [3.05, 3.63) is 0 Å². The van der Waals surface area contributed by atoms with Gasteiger partial charge in [0, 0.05) is 24.5 Å². The van der Waals surface area contributed by atoms with Gasteiger partial charge in [0.2, 0.25) is 11.8 Å². The quantitative estimate of drug-likeness (QED) is 0.756. The fourth-order valence-corrected chi connectivity index (χ4v) is 2.49. The summed E-state index contributed by atoms with van der Waals surface area (Å²) in [4.78, 5) is 25.0. The zero-order valence-corrected chi connectivity index (χ0v) is 12.4. The number of carbonyl (C=O) groups excluding carboxylic acids is 2. The maximum Gasteiger partial charge on any atom is 0.237 e. The molecule has 19 heavy (non-hydrogen) atoms. The first-order valence-corrected chi connectivity index (χ1v) is 7.12. The van der Waals surface area contributed by atoms with Crippen LogP contribution in [0, 0.1) is 0 Å². The van der Waals surface area contributed by atoms with Gasteiger partial charge in [0.05, 0.1) is 6.54 Å². The second kappa shape index (κ2) is 6.89. The lowest BCUT2D eigenvalue weighted by atomic mass is 10.1. The normalized spacial score (nSPS) is 16.6. The summed E-state index contributed by atoms with van der Waals surface area (Å²) < 4.78 is 0. The van der Waals surface area contributed by atoms with Gasteiger partial charge in [-0.15, -0.1) is 0 Å². The minimum atomic E-state index is -0.427. The summed E-state index contributed by atoms with van der Waals surface area (Å²) in [6, 6.07) is 0.203. The Labute approximate surface area is 115 Å². The lowest BCUT2D eigenvalue weighted by Gasteiger charge is -2.28. The van der Waals surface area contributed by atoms with Crippen molar-refractivity contribution in [3.63, 3.8) is 0 Å². The number of amides is 2. The molecular formula is C14H27N3O2. The molecule has 5 heteroatoms. The molecule has 5 nitrogen and oxygen atoms in total. The van der Waals surface area contributed by atoms with Crippen LogP contribution in [0.15, 0.2) is 0 Å². The highest BCUT2D eigenvalue weighted by Crippen LogP contribution is 2.23. The topological polar surface area (TPSA) is 75.4 Å². The average molecular weight is 269 g/mol. The highest BCUT2D eigenvalue weighted by molar-refractivity contribution is 5.84. The number of nitrogens with two attached hydrogens (primary N) is 1. The van der Waals surface area contributed by atoms with E-state index in [0.29, 0.717) is 13.0 Å². The first kappa shape index (κ1) is 16.0. The molecule has 0 atom stereocenters. The smallest absolute Gasteiger partial charge is 0.237 e. The van der Waals surface area contributed by atoms with E-state index in [1.807, 2.05) is 0 Å². The van der Waals surface area contributed by atoms with Gasteiger partial charge in [-0.2, -0.15) is 0 Å². The molecule has 0 radical (unpaired) electrons. The van der Waals surface area contributed by atoms with E-state index >= 15 is 0 Å². The fourth-order valence-electron chi connectivity index (χ4n) is 2.49. The zero-order chi connectivity index (χ0) is 14.5. The largest absolute Gasteiger partial charge is 0.368 e. The Bertz CT molecular complexity index is 317. The Morgan fingerprint density at radius 3 is 2.32 bits per heavy atom. The predicted molar refractivity (Wildman–Crippen MR) is 75.5 cm³/mol. The third-order valence-corrected chi connectivity index (χ3v) is 3.41. The number of rotatable bonds is 6. The summed E-state index contributed by atoms with van der Waals surface area (Å²) in [6.07, 6.45) is 4.67. The molecule has 0 bridgehead atoms. The Balaban J connectivity index is 2.49. The summed E-state index contributed by atoms with van der Waals surface area (Å²) >= 11 is 0. The van der Waals surface area contributed by atoms with Crippen molar-refractivity contribution in [1.82, 2.24) is 10.2 Å². The molecule has 0 spiro atoms. The van der Waals surface area contributed by atoms with E-state index < -0.39 is 5.91 Å². The Hall–Kier alpha value is -1.10. The lowest BCUT2D eigenvalue weighted by molar-refractivity contribution is -0.137. The number of hydrogen-bond donors (Lipinski definition) is 2. The van der Waals surface area contributed by atoms with Gasteiger partial charge >= 0.3 is 0 Å². The van der Waals surface area contributed by atoms with E-state index in [0.717, 1.165) is 25.7 Å². The maximum absolute atomic E-state index is 12.2. The van der Waals surface area contributed by atoms with E-state index in [-0.39, 0.29) is 24.0 Å². The van der Waals surface area contributed by atoms with E-state index in [2.05, 4.69) is 26.1 Å². The fraction of sp³-hybridized carbons (Fsp3) is 0.857. The van der Waals surface area contributed by atoms with Crippen molar-refractivity contribution >= 4 is 11.8 Å². The summed E-state index contributed by atoms with van der Waals surface area (Å²) in [7, 11) is 0. The molecule has 1 rings (SSSR count). The van der Waals surface area contributed by atoms with Crippen molar-refractivity contribution in [3.8, 4) is 0 Å². The van der Waals surface area contributed by atoms with Crippen LogP contribution in [0.3, 0.4) is 0 Å². The third kappa shape index (κ3) is 6.05. The Kier molecular flexibility index (Phi) is 5.79. The van der Waals surface area contributed by atoms with E-state index in [9.17, 15) is 9.59 Å². The van der Waals surface area contributed by atoms with Gasteiger partial charge in [0.25, 0.3) is 0 Å². The highest BCUT2D eigenvalue weighted by atomic mass is 16.2. The van der Waals surface area contributed by atoms with E-state index in [1.165, 1.54) is 0 Å². The number of nitrogens with zero attached hydrogens (tertiary/aromatic N) is 1. The Morgan fingerprint density at radius 2 is 1.84 bits per heavy atom. The van der Waals surface area contributed by atoms with Crippen molar-refractivity contribution < 1.29 is 9.59 Å².